The Hall–Kier alpha value is -6.43. The Labute approximate surface area is 422 Å². The number of rotatable bonds is 22. The summed E-state index contributed by atoms with van der Waals surface area (Å²) in [6.45, 7) is 2.33. The molecule has 0 fully saturated rings. The third kappa shape index (κ3) is 15.3. The molecule has 2 atom stereocenters. The lowest BCUT2D eigenvalue weighted by Gasteiger charge is -2.15. The number of hydrogen-bond acceptors (Lipinski definition) is 12. The molecule has 0 radical (unpaired) electrons. The summed E-state index contributed by atoms with van der Waals surface area (Å²) in [4.78, 5) is 79.1. The Bertz CT molecular complexity index is 2810. The van der Waals surface area contributed by atoms with Crippen molar-refractivity contribution in [3.05, 3.63) is 129 Å². The molecule has 0 aliphatic heterocycles. The first-order valence-electron chi connectivity index (χ1n) is 20.9. The van der Waals surface area contributed by atoms with Crippen LogP contribution in [0.1, 0.15) is 51.3 Å². The molecule has 5 aromatic rings. The Kier molecular flexibility index (Phi) is 20.0. The van der Waals surface area contributed by atoms with Gasteiger partial charge in [-0.15, -0.1) is 34.8 Å². The molecule has 4 amide bonds. The highest BCUT2D eigenvalue weighted by molar-refractivity contribution is 6.32. The molecule has 16 nitrogen and oxygen atoms in total. The second kappa shape index (κ2) is 25.8. The largest absolute Gasteiger partial charge is 0.495 e. The van der Waals surface area contributed by atoms with Crippen LogP contribution in [0.25, 0.3) is 0 Å². The van der Waals surface area contributed by atoms with Gasteiger partial charge in [-0.2, -0.15) is 20.5 Å². The number of anilines is 4. The number of alkyl halides is 3. The van der Waals surface area contributed by atoms with Crippen molar-refractivity contribution in [1.82, 2.24) is 0 Å². The van der Waals surface area contributed by atoms with Gasteiger partial charge in [-0.1, -0.05) is 35.3 Å². The molecule has 0 bridgehead atoms. The van der Waals surface area contributed by atoms with Crippen molar-refractivity contribution in [1.29, 1.82) is 0 Å². The highest BCUT2D eigenvalue weighted by atomic mass is 35.5. The van der Waals surface area contributed by atoms with Crippen LogP contribution in [0.2, 0.25) is 10.0 Å². The number of carbonyl (C=O) groups is 6. The molecule has 5 rings (SSSR count). The van der Waals surface area contributed by atoms with E-state index in [-0.39, 0.29) is 56.2 Å². The van der Waals surface area contributed by atoms with E-state index in [0.29, 0.717) is 53.0 Å². The van der Waals surface area contributed by atoms with Gasteiger partial charge in [0, 0.05) is 50.2 Å². The molecule has 2 unspecified atom stereocenters. The average Bonchev–Trinajstić information content (AvgIpc) is 3.30. The zero-order valence-corrected chi connectivity index (χ0v) is 41.3. The second-order valence-electron chi connectivity index (χ2n) is 15.0. The average molecular weight is 1040 g/mol. The van der Waals surface area contributed by atoms with Crippen LogP contribution in [0.4, 0.5) is 34.1 Å². The van der Waals surface area contributed by atoms with Crippen molar-refractivity contribution in [2.45, 2.75) is 45.2 Å². The van der Waals surface area contributed by atoms with E-state index in [0.717, 1.165) is 25.0 Å². The van der Waals surface area contributed by atoms with Crippen molar-refractivity contribution in [2.24, 2.45) is 20.5 Å². The van der Waals surface area contributed by atoms with Crippen LogP contribution in [0.15, 0.2) is 111 Å². The van der Waals surface area contributed by atoms with Gasteiger partial charge < -0.3 is 30.7 Å². The van der Waals surface area contributed by atoms with Crippen molar-refractivity contribution in [2.75, 3.05) is 53.1 Å². The van der Waals surface area contributed by atoms with E-state index in [2.05, 4.69) is 41.7 Å². The normalized spacial score (nSPS) is 12.0. The molecular formula is C48H45Cl5N8O8. The van der Waals surface area contributed by atoms with Gasteiger partial charge in [-0.05, 0) is 129 Å². The number of methoxy groups -OCH3 is 2. The minimum absolute atomic E-state index is 0.0863. The molecule has 69 heavy (non-hydrogen) atoms. The molecule has 360 valence electrons. The van der Waals surface area contributed by atoms with Gasteiger partial charge in [0.25, 0.3) is 23.6 Å². The van der Waals surface area contributed by atoms with Gasteiger partial charge in [0.1, 0.15) is 11.5 Å². The number of aryl methyl sites for hydroxylation is 3. The lowest BCUT2D eigenvalue weighted by molar-refractivity contribution is -0.127. The summed E-state index contributed by atoms with van der Waals surface area (Å²) in [5.74, 6) is -2.32. The lowest BCUT2D eigenvalue weighted by atomic mass is 10.1. The zero-order chi connectivity index (χ0) is 50.2. The van der Waals surface area contributed by atoms with Crippen molar-refractivity contribution in [3.8, 4) is 11.5 Å². The number of amides is 4. The Morgan fingerprint density at radius 1 is 0.522 bits per heavy atom. The van der Waals surface area contributed by atoms with Crippen LogP contribution in [0, 0.1) is 0 Å². The number of carbonyl (C=O) groups excluding carboxylic acids is 6. The number of nitrogens with zero attached hydrogens (tertiary/aromatic N) is 4. The van der Waals surface area contributed by atoms with Gasteiger partial charge in [0.2, 0.25) is 12.1 Å². The summed E-state index contributed by atoms with van der Waals surface area (Å²) in [5, 5.41) is 27.3. The Balaban J connectivity index is 1.28. The second-order valence-corrected chi connectivity index (χ2v) is 17.0. The van der Waals surface area contributed by atoms with Crippen LogP contribution in [0.3, 0.4) is 0 Å². The molecule has 0 saturated heterocycles. The Morgan fingerprint density at radius 2 is 0.971 bits per heavy atom. The molecular weight excluding hydrogens is 994 g/mol. The summed E-state index contributed by atoms with van der Waals surface area (Å²) < 4.78 is 10.8. The number of benzene rings is 5. The number of nitrogens with one attached hydrogen (secondary N) is 4. The van der Waals surface area contributed by atoms with Gasteiger partial charge in [-0.3, -0.25) is 28.8 Å². The number of Topliss-reactive ketones (excluding diaryl/α,β-unsaturated/α-hetero) is 2. The fourth-order valence-corrected chi connectivity index (χ4v) is 7.65. The molecule has 0 spiro atoms. The molecule has 0 aliphatic carbocycles. The van der Waals surface area contributed by atoms with E-state index in [4.69, 9.17) is 67.5 Å². The van der Waals surface area contributed by atoms with Crippen LogP contribution < -0.4 is 30.7 Å². The van der Waals surface area contributed by atoms with Gasteiger partial charge in [0.05, 0.1) is 37.0 Å². The maximum Gasteiger partial charge on any atom is 0.258 e. The zero-order valence-electron chi connectivity index (χ0n) is 37.5. The van der Waals surface area contributed by atoms with E-state index in [1.165, 1.54) is 68.8 Å². The predicted molar refractivity (Wildman–Crippen MR) is 270 cm³/mol. The van der Waals surface area contributed by atoms with E-state index >= 15 is 0 Å². The number of ketones is 2. The third-order valence-corrected chi connectivity index (χ3v) is 10.9. The van der Waals surface area contributed by atoms with Crippen LogP contribution in [-0.2, 0) is 38.4 Å². The molecule has 0 saturated carbocycles. The molecule has 0 aliphatic rings. The molecule has 0 aromatic heterocycles. The Morgan fingerprint density at radius 3 is 1.39 bits per heavy atom. The first-order chi connectivity index (χ1) is 33.0. The van der Waals surface area contributed by atoms with Crippen LogP contribution >= 0.6 is 58.0 Å². The minimum Gasteiger partial charge on any atom is -0.495 e. The monoisotopic (exact) mass is 1040 g/mol. The first-order valence-corrected chi connectivity index (χ1v) is 23.2. The maximum atomic E-state index is 13.6. The maximum absolute atomic E-state index is 13.6. The first kappa shape index (κ1) is 53.5. The quantitative estimate of drug-likeness (QED) is 0.0296. The fraction of sp³-hybridized carbons (Fsp3) is 0.250. The van der Waals surface area contributed by atoms with E-state index in [1.54, 1.807) is 24.3 Å². The van der Waals surface area contributed by atoms with Crippen molar-refractivity contribution < 1.29 is 38.2 Å². The highest BCUT2D eigenvalue weighted by Gasteiger charge is 2.26. The fourth-order valence-electron chi connectivity index (χ4n) is 6.55. The summed E-state index contributed by atoms with van der Waals surface area (Å²) in [6.07, 6.45) is 1.35. The van der Waals surface area contributed by atoms with Gasteiger partial charge >= 0.3 is 0 Å². The highest BCUT2D eigenvalue weighted by Crippen LogP contribution is 2.31. The number of halogens is 5. The molecule has 21 heteroatoms. The van der Waals surface area contributed by atoms with Crippen molar-refractivity contribution in [3.63, 3.8) is 0 Å². The van der Waals surface area contributed by atoms with E-state index in [9.17, 15) is 28.8 Å². The van der Waals surface area contributed by atoms with Crippen LogP contribution in [-0.4, -0.2) is 79.1 Å². The lowest BCUT2D eigenvalue weighted by Crippen LogP contribution is -2.32. The standard InChI is InChI=1S/C48H45Cl5N8O8/c1-26(62)43(60-58-36-22-31(19-33(52)24-36)45(64)56-39-17-28(11-14-49)5-9-41(39)68-3)47(66)54-35-7-8-38(30(21-35)13-16-51)55-48(67)44(27(2)63)61-59-37-23-32(20-34(53)25-37)46(65)57-40-18-29(12-15-50)6-10-42(40)69-4/h5-10,17-25,43-44H,11-16H2,1-4H3,(H,54,66)(H,55,67)(H,56,64)(H,57,65). The van der Waals surface area contributed by atoms with Gasteiger partial charge in [-0.25, -0.2) is 0 Å². The molecule has 0 heterocycles. The number of hydrogen-bond donors (Lipinski definition) is 4. The predicted octanol–water partition coefficient (Wildman–Crippen LogP) is 11.2. The van der Waals surface area contributed by atoms with Crippen molar-refractivity contribution >= 4 is 127 Å². The summed E-state index contributed by atoms with van der Waals surface area (Å²) in [7, 11) is 2.94. The minimum atomic E-state index is -1.62. The number of ether oxygens (including phenoxy) is 2. The number of azo groups is 2. The topological polar surface area (TPSA) is 218 Å². The van der Waals surface area contributed by atoms with Crippen LogP contribution in [0.5, 0.6) is 11.5 Å². The van der Waals surface area contributed by atoms with E-state index in [1.807, 2.05) is 12.1 Å². The SMILES string of the molecule is COc1ccc(CCCl)cc1NC(=O)c1cc(Cl)cc(N=NC(C(C)=O)C(=O)Nc2ccc(NC(=O)C(N=Nc3cc(Cl)cc(C(=O)Nc4cc(CCCl)ccc4OC)c3)C(C)=O)c(CCCl)c2)c1. The third-order valence-electron chi connectivity index (χ3n) is 9.92. The molecule has 4 N–H and O–H groups in total. The van der Waals surface area contributed by atoms with E-state index < -0.39 is 47.3 Å². The molecule has 5 aromatic carbocycles. The van der Waals surface area contributed by atoms with Gasteiger partial charge in [0.15, 0.2) is 11.6 Å². The summed E-state index contributed by atoms with van der Waals surface area (Å²) >= 11 is 30.6. The smallest absolute Gasteiger partial charge is 0.258 e. The summed E-state index contributed by atoms with van der Waals surface area (Å²) in [5.41, 5.74) is 3.90. The summed E-state index contributed by atoms with van der Waals surface area (Å²) in [6, 6.07) is 20.2.